The van der Waals surface area contributed by atoms with E-state index in [1.807, 2.05) is 19.9 Å². The molecule has 2 amide bonds. The molecule has 6 rings (SSSR count). The van der Waals surface area contributed by atoms with Crippen LogP contribution in [0, 0.1) is 37.0 Å². The molecule has 0 unspecified atom stereocenters. The molecule has 28 heavy (non-hydrogen) atoms. The first kappa shape index (κ1) is 17.6. The van der Waals surface area contributed by atoms with E-state index in [4.69, 9.17) is 0 Å². The number of nitrogens with zero attached hydrogens (tertiary/aromatic N) is 4. The summed E-state index contributed by atoms with van der Waals surface area (Å²) in [5, 5.41) is 4.19. The van der Waals surface area contributed by atoms with E-state index in [1.54, 1.807) is 0 Å². The van der Waals surface area contributed by atoms with Crippen molar-refractivity contribution < 1.29 is 9.59 Å². The average molecular weight is 382 g/mol. The molecule has 0 saturated heterocycles. The number of carbonyl (C=O) groups excluding carboxylic acids is 2. The lowest BCUT2D eigenvalue weighted by Crippen LogP contribution is -2.50. The highest BCUT2D eigenvalue weighted by Crippen LogP contribution is 2.61. The van der Waals surface area contributed by atoms with E-state index in [9.17, 15) is 9.59 Å². The zero-order valence-corrected chi connectivity index (χ0v) is 16.4. The summed E-state index contributed by atoms with van der Waals surface area (Å²) in [7, 11) is 0. The SMILES string of the molecule is Cc1cc(C)n2nc(C(=O)NNC(=O)CC34CC5CC(CC(C5)C3)C4)nc2n1. The fourth-order valence-electron chi connectivity index (χ4n) is 6.34. The van der Waals surface area contributed by atoms with E-state index in [-0.39, 0.29) is 17.1 Å². The van der Waals surface area contributed by atoms with E-state index in [2.05, 4.69) is 25.9 Å². The second kappa shape index (κ2) is 6.25. The van der Waals surface area contributed by atoms with Crippen molar-refractivity contribution in [1.82, 2.24) is 30.4 Å². The zero-order chi connectivity index (χ0) is 19.5. The Morgan fingerprint density at radius 1 is 1.07 bits per heavy atom. The van der Waals surface area contributed by atoms with Gasteiger partial charge in [0.25, 0.3) is 5.78 Å². The Bertz CT molecular complexity index is 930. The van der Waals surface area contributed by atoms with Gasteiger partial charge in [0, 0.05) is 17.8 Å². The smallest absolute Gasteiger partial charge is 0.273 e. The van der Waals surface area contributed by atoms with Crippen LogP contribution in [0.3, 0.4) is 0 Å². The summed E-state index contributed by atoms with van der Waals surface area (Å²) in [6, 6.07) is 1.87. The highest BCUT2D eigenvalue weighted by Gasteiger charge is 2.51. The van der Waals surface area contributed by atoms with E-state index >= 15 is 0 Å². The number of hydrazine groups is 1. The van der Waals surface area contributed by atoms with Gasteiger partial charge < -0.3 is 0 Å². The van der Waals surface area contributed by atoms with Gasteiger partial charge in [-0.3, -0.25) is 20.4 Å². The van der Waals surface area contributed by atoms with E-state index < -0.39 is 5.91 Å². The van der Waals surface area contributed by atoms with Gasteiger partial charge in [0.2, 0.25) is 11.7 Å². The Kier molecular flexibility index (Phi) is 3.93. The van der Waals surface area contributed by atoms with Crippen LogP contribution < -0.4 is 10.9 Å². The third-order valence-corrected chi connectivity index (χ3v) is 6.84. The maximum absolute atomic E-state index is 12.6. The number of fused-ring (bicyclic) bond motifs is 1. The monoisotopic (exact) mass is 382 g/mol. The van der Waals surface area contributed by atoms with Gasteiger partial charge in [-0.05, 0) is 81.6 Å². The molecular weight excluding hydrogens is 356 g/mol. The van der Waals surface area contributed by atoms with Gasteiger partial charge in [0.05, 0.1) is 0 Å². The third kappa shape index (κ3) is 3.04. The first-order chi connectivity index (χ1) is 13.4. The summed E-state index contributed by atoms with van der Waals surface area (Å²) in [4.78, 5) is 33.4. The first-order valence-corrected chi connectivity index (χ1v) is 10.2. The largest absolute Gasteiger partial charge is 0.309 e. The van der Waals surface area contributed by atoms with Crippen LogP contribution in [-0.4, -0.2) is 31.4 Å². The molecule has 0 aromatic carbocycles. The van der Waals surface area contributed by atoms with Gasteiger partial charge in [0.15, 0.2) is 0 Å². The van der Waals surface area contributed by atoms with Crippen molar-refractivity contribution in [2.45, 2.75) is 58.8 Å². The summed E-state index contributed by atoms with van der Waals surface area (Å²) in [5.74, 6) is 2.13. The van der Waals surface area contributed by atoms with Crippen molar-refractivity contribution in [2.24, 2.45) is 23.2 Å². The summed E-state index contributed by atoms with van der Waals surface area (Å²) in [6.45, 7) is 3.75. The average Bonchev–Trinajstić information content (AvgIpc) is 3.02. The molecule has 0 spiro atoms. The van der Waals surface area contributed by atoms with Crippen LogP contribution in [0.2, 0.25) is 0 Å². The number of amides is 2. The summed E-state index contributed by atoms with van der Waals surface area (Å²) >= 11 is 0. The number of rotatable bonds is 3. The van der Waals surface area contributed by atoms with Crippen LogP contribution in [0.25, 0.3) is 5.78 Å². The fourth-order valence-corrected chi connectivity index (χ4v) is 6.34. The predicted octanol–water partition coefficient (Wildman–Crippen LogP) is 2.11. The maximum atomic E-state index is 12.6. The molecule has 8 nitrogen and oxygen atoms in total. The Labute approximate surface area is 163 Å². The third-order valence-electron chi connectivity index (χ3n) is 6.84. The van der Waals surface area contributed by atoms with Crippen LogP contribution in [0.1, 0.15) is 67.0 Å². The molecule has 148 valence electrons. The van der Waals surface area contributed by atoms with Gasteiger partial charge in [-0.2, -0.15) is 4.98 Å². The van der Waals surface area contributed by atoms with Crippen molar-refractivity contribution in [3.63, 3.8) is 0 Å². The van der Waals surface area contributed by atoms with E-state index in [0.29, 0.717) is 12.2 Å². The van der Waals surface area contributed by atoms with Crippen LogP contribution in [0.15, 0.2) is 6.07 Å². The van der Waals surface area contributed by atoms with E-state index in [0.717, 1.165) is 29.1 Å². The van der Waals surface area contributed by atoms with Gasteiger partial charge in [-0.15, -0.1) is 5.10 Å². The van der Waals surface area contributed by atoms with Crippen molar-refractivity contribution in [3.05, 3.63) is 23.3 Å². The molecule has 8 heteroatoms. The molecule has 4 fully saturated rings. The van der Waals surface area contributed by atoms with Gasteiger partial charge >= 0.3 is 5.91 Å². The number of aryl methyl sites for hydroxylation is 2. The predicted molar refractivity (Wildman–Crippen MR) is 101 cm³/mol. The minimum atomic E-state index is -0.526. The molecule has 2 heterocycles. The van der Waals surface area contributed by atoms with Gasteiger partial charge in [-0.1, -0.05) is 0 Å². The molecule has 2 aromatic heterocycles. The maximum Gasteiger partial charge on any atom is 0.309 e. The fraction of sp³-hybridized carbons (Fsp3) is 0.650. The lowest BCUT2D eigenvalue weighted by Gasteiger charge is -2.56. The molecule has 4 bridgehead atoms. The number of aromatic nitrogens is 4. The second-order valence-corrected chi connectivity index (χ2v) is 9.28. The lowest BCUT2D eigenvalue weighted by atomic mass is 9.49. The number of nitrogens with one attached hydrogen (secondary N) is 2. The molecule has 4 aliphatic rings. The Balaban J connectivity index is 1.22. The normalized spacial score (nSPS) is 30.6. The Morgan fingerprint density at radius 2 is 1.71 bits per heavy atom. The molecule has 0 aliphatic heterocycles. The minimum absolute atomic E-state index is 0.00342. The second-order valence-electron chi connectivity index (χ2n) is 9.28. The zero-order valence-electron chi connectivity index (χ0n) is 16.4. The highest BCUT2D eigenvalue weighted by molar-refractivity contribution is 5.92. The van der Waals surface area contributed by atoms with Crippen molar-refractivity contribution in [3.8, 4) is 0 Å². The highest BCUT2D eigenvalue weighted by atomic mass is 16.2. The standard InChI is InChI=1S/C20H26N6O2/c1-11-3-12(2)26-19(21-11)22-17(25-26)18(28)24-23-16(27)10-20-7-13-4-14(8-20)6-15(5-13)9-20/h3,13-15H,4-10H2,1-2H3,(H,23,27)(H,24,28). The van der Waals surface area contributed by atoms with Crippen LogP contribution in [-0.2, 0) is 4.79 Å². The first-order valence-electron chi connectivity index (χ1n) is 10.2. The molecule has 4 saturated carbocycles. The molecular formula is C20H26N6O2. The summed E-state index contributed by atoms with van der Waals surface area (Å²) < 4.78 is 1.53. The van der Waals surface area contributed by atoms with Gasteiger partial charge in [0.1, 0.15) is 0 Å². The topological polar surface area (TPSA) is 101 Å². The van der Waals surface area contributed by atoms with Crippen molar-refractivity contribution in [1.29, 1.82) is 0 Å². The van der Waals surface area contributed by atoms with E-state index in [1.165, 1.54) is 43.0 Å². The number of carbonyl (C=O) groups is 2. The molecule has 0 radical (unpaired) electrons. The van der Waals surface area contributed by atoms with Gasteiger partial charge in [-0.25, -0.2) is 9.50 Å². The quantitative estimate of drug-likeness (QED) is 0.792. The van der Waals surface area contributed by atoms with Crippen LogP contribution >= 0.6 is 0 Å². The summed E-state index contributed by atoms with van der Waals surface area (Å²) in [5.41, 5.74) is 6.85. The molecule has 4 aliphatic carbocycles. The Hall–Kier alpha value is -2.51. The minimum Gasteiger partial charge on any atom is -0.273 e. The number of hydrogen-bond acceptors (Lipinski definition) is 5. The molecule has 0 atom stereocenters. The Morgan fingerprint density at radius 3 is 2.36 bits per heavy atom. The molecule has 2 aromatic rings. The lowest BCUT2D eigenvalue weighted by molar-refractivity contribution is -0.130. The van der Waals surface area contributed by atoms with Crippen LogP contribution in [0.4, 0.5) is 0 Å². The molecule has 2 N–H and O–H groups in total. The number of hydrogen-bond donors (Lipinski definition) is 2. The summed E-state index contributed by atoms with van der Waals surface area (Å²) in [6.07, 6.45) is 8.05. The van der Waals surface area contributed by atoms with Crippen molar-refractivity contribution >= 4 is 17.6 Å². The van der Waals surface area contributed by atoms with Crippen LogP contribution in [0.5, 0.6) is 0 Å². The van der Waals surface area contributed by atoms with Crippen molar-refractivity contribution in [2.75, 3.05) is 0 Å².